The number of ketones is 1. The minimum Gasteiger partial charge on any atom is -0.497 e. The van der Waals surface area contributed by atoms with E-state index in [1.165, 1.54) is 6.92 Å². The maximum absolute atomic E-state index is 10.9. The van der Waals surface area contributed by atoms with E-state index in [1.54, 1.807) is 7.11 Å². The lowest BCUT2D eigenvalue weighted by molar-refractivity contribution is -0.116. The van der Waals surface area contributed by atoms with Crippen LogP contribution in [0.4, 0.5) is 0 Å². The molecule has 1 aromatic carbocycles. The zero-order chi connectivity index (χ0) is 10.6. The first kappa shape index (κ1) is 11.1. The van der Waals surface area contributed by atoms with Crippen molar-refractivity contribution in [1.82, 2.24) is 0 Å². The summed E-state index contributed by atoms with van der Waals surface area (Å²) in [7, 11) is 1.61. The molecule has 0 saturated carbocycles. The van der Waals surface area contributed by atoms with Crippen molar-refractivity contribution in [1.29, 1.82) is 0 Å². The Morgan fingerprint density at radius 3 is 2.86 bits per heavy atom. The molecule has 1 atom stereocenters. The Balaban J connectivity index is 2.71. The predicted octanol–water partition coefficient (Wildman–Crippen LogP) is 2.43. The summed E-state index contributed by atoms with van der Waals surface area (Å²) in [6.07, 6.45) is 0.550. The van der Waals surface area contributed by atoms with Gasteiger partial charge in [0.1, 0.15) is 11.5 Å². The molecule has 3 heteroatoms. The molecular weight excluding hydrogens is 200 g/mol. The van der Waals surface area contributed by atoms with Crippen LogP contribution in [0.1, 0.15) is 12.5 Å². The van der Waals surface area contributed by atoms with Crippen LogP contribution in [0.3, 0.4) is 0 Å². The quantitative estimate of drug-likeness (QED) is 0.717. The Kier molecular flexibility index (Phi) is 3.96. The van der Waals surface area contributed by atoms with Crippen molar-refractivity contribution in [2.45, 2.75) is 18.7 Å². The highest BCUT2D eigenvalue weighted by molar-refractivity contribution is 6.30. The number of alkyl halides is 1. The zero-order valence-corrected chi connectivity index (χ0v) is 9.04. The van der Waals surface area contributed by atoms with E-state index in [4.69, 9.17) is 16.3 Å². The summed E-state index contributed by atoms with van der Waals surface area (Å²) in [5.74, 6) is 0.782. The van der Waals surface area contributed by atoms with E-state index in [2.05, 4.69) is 0 Å². The van der Waals surface area contributed by atoms with E-state index in [0.717, 1.165) is 11.3 Å². The van der Waals surface area contributed by atoms with Gasteiger partial charge in [-0.2, -0.15) is 0 Å². The van der Waals surface area contributed by atoms with E-state index >= 15 is 0 Å². The molecule has 0 spiro atoms. The van der Waals surface area contributed by atoms with Crippen molar-refractivity contribution in [3.63, 3.8) is 0 Å². The van der Waals surface area contributed by atoms with Crippen LogP contribution < -0.4 is 4.74 Å². The first-order chi connectivity index (χ1) is 6.63. The van der Waals surface area contributed by atoms with Gasteiger partial charge in [-0.25, -0.2) is 0 Å². The summed E-state index contributed by atoms with van der Waals surface area (Å²) in [6, 6.07) is 7.57. The molecule has 0 N–H and O–H groups in total. The molecular formula is C11H13ClO2. The summed E-state index contributed by atoms with van der Waals surface area (Å²) in [5, 5.41) is -0.442. The van der Waals surface area contributed by atoms with Gasteiger partial charge in [-0.15, -0.1) is 11.6 Å². The van der Waals surface area contributed by atoms with Crippen molar-refractivity contribution in [2.75, 3.05) is 7.11 Å². The molecule has 0 aliphatic carbocycles. The second kappa shape index (κ2) is 5.01. The number of carbonyl (C=O) groups excluding carboxylic acids is 1. The van der Waals surface area contributed by atoms with Crippen LogP contribution in [-0.2, 0) is 11.2 Å². The molecule has 0 aromatic heterocycles. The number of ether oxygens (including phenoxy) is 1. The topological polar surface area (TPSA) is 26.3 Å². The van der Waals surface area contributed by atoms with E-state index < -0.39 is 5.38 Å². The van der Waals surface area contributed by atoms with Gasteiger partial charge in [0.05, 0.1) is 12.5 Å². The number of Topliss-reactive ketones (excluding diaryl/α,β-unsaturated/α-hetero) is 1. The molecule has 0 bridgehead atoms. The van der Waals surface area contributed by atoms with E-state index in [0.29, 0.717) is 6.42 Å². The molecule has 0 amide bonds. The van der Waals surface area contributed by atoms with Crippen LogP contribution in [0.2, 0.25) is 0 Å². The Bertz CT molecular complexity index is 323. The van der Waals surface area contributed by atoms with Crippen LogP contribution in [-0.4, -0.2) is 18.3 Å². The zero-order valence-electron chi connectivity index (χ0n) is 8.29. The number of methoxy groups -OCH3 is 1. The van der Waals surface area contributed by atoms with Gasteiger partial charge in [0.15, 0.2) is 0 Å². The first-order valence-corrected chi connectivity index (χ1v) is 4.84. The van der Waals surface area contributed by atoms with Crippen molar-refractivity contribution >= 4 is 17.4 Å². The largest absolute Gasteiger partial charge is 0.497 e. The summed E-state index contributed by atoms with van der Waals surface area (Å²) in [6.45, 7) is 1.50. The molecule has 2 nitrogen and oxygen atoms in total. The molecule has 76 valence electrons. The van der Waals surface area contributed by atoms with Gasteiger partial charge in [0.25, 0.3) is 0 Å². The SMILES string of the molecule is COc1cccc(CC(Cl)C(C)=O)c1. The lowest BCUT2D eigenvalue weighted by Gasteiger charge is -2.06. The molecule has 0 aliphatic rings. The molecule has 1 rings (SSSR count). The van der Waals surface area contributed by atoms with Gasteiger partial charge < -0.3 is 4.74 Å². The van der Waals surface area contributed by atoms with Crippen LogP contribution in [0.15, 0.2) is 24.3 Å². The number of rotatable bonds is 4. The fourth-order valence-electron chi connectivity index (χ4n) is 1.15. The lowest BCUT2D eigenvalue weighted by atomic mass is 10.1. The molecule has 0 fully saturated rings. The number of halogens is 1. The minimum atomic E-state index is -0.442. The standard InChI is InChI=1S/C11H13ClO2/c1-8(13)11(12)7-9-4-3-5-10(6-9)14-2/h3-6,11H,7H2,1-2H3. The number of hydrogen-bond acceptors (Lipinski definition) is 2. The number of benzene rings is 1. The second-order valence-corrected chi connectivity index (χ2v) is 3.66. The van der Waals surface area contributed by atoms with Crippen molar-refractivity contribution in [3.8, 4) is 5.75 Å². The summed E-state index contributed by atoms with van der Waals surface area (Å²) in [5.41, 5.74) is 1.01. The fourth-order valence-corrected chi connectivity index (χ4v) is 1.33. The average Bonchev–Trinajstić information content (AvgIpc) is 2.18. The van der Waals surface area contributed by atoms with Gasteiger partial charge in [0.2, 0.25) is 0 Å². The molecule has 0 aliphatic heterocycles. The normalized spacial score (nSPS) is 12.2. The molecule has 1 aromatic rings. The third kappa shape index (κ3) is 3.04. The maximum atomic E-state index is 10.9. The highest BCUT2D eigenvalue weighted by Crippen LogP contribution is 2.15. The van der Waals surface area contributed by atoms with Crippen LogP contribution in [0, 0.1) is 0 Å². The highest BCUT2D eigenvalue weighted by atomic mass is 35.5. The van der Waals surface area contributed by atoms with Gasteiger partial charge in [-0.3, -0.25) is 4.79 Å². The fraction of sp³-hybridized carbons (Fsp3) is 0.364. The number of carbonyl (C=O) groups is 1. The third-order valence-electron chi connectivity index (χ3n) is 1.99. The second-order valence-electron chi connectivity index (χ2n) is 3.13. The van der Waals surface area contributed by atoms with Gasteiger partial charge >= 0.3 is 0 Å². The highest BCUT2D eigenvalue weighted by Gasteiger charge is 2.10. The molecule has 1 unspecified atom stereocenters. The average molecular weight is 213 g/mol. The molecule has 14 heavy (non-hydrogen) atoms. The maximum Gasteiger partial charge on any atom is 0.147 e. The van der Waals surface area contributed by atoms with Crippen LogP contribution >= 0.6 is 11.6 Å². The number of hydrogen-bond donors (Lipinski definition) is 0. The summed E-state index contributed by atoms with van der Waals surface area (Å²) in [4.78, 5) is 10.9. The van der Waals surface area contributed by atoms with E-state index in [9.17, 15) is 4.79 Å². The summed E-state index contributed by atoms with van der Waals surface area (Å²) < 4.78 is 5.07. The van der Waals surface area contributed by atoms with E-state index in [1.807, 2.05) is 24.3 Å². The van der Waals surface area contributed by atoms with Crippen LogP contribution in [0.25, 0.3) is 0 Å². The molecule has 0 heterocycles. The van der Waals surface area contributed by atoms with Gasteiger partial charge in [0, 0.05) is 0 Å². The van der Waals surface area contributed by atoms with E-state index in [-0.39, 0.29) is 5.78 Å². The molecule has 0 saturated heterocycles. The van der Waals surface area contributed by atoms with Gasteiger partial charge in [-0.05, 0) is 31.0 Å². The van der Waals surface area contributed by atoms with Crippen LogP contribution in [0.5, 0.6) is 5.75 Å². The monoisotopic (exact) mass is 212 g/mol. The van der Waals surface area contributed by atoms with Crippen molar-refractivity contribution in [2.24, 2.45) is 0 Å². The van der Waals surface area contributed by atoms with Gasteiger partial charge in [-0.1, -0.05) is 12.1 Å². The smallest absolute Gasteiger partial charge is 0.147 e. The lowest BCUT2D eigenvalue weighted by Crippen LogP contribution is -2.13. The Labute approximate surface area is 88.8 Å². The first-order valence-electron chi connectivity index (χ1n) is 4.41. The summed E-state index contributed by atoms with van der Waals surface area (Å²) >= 11 is 5.86. The van der Waals surface area contributed by atoms with Crippen molar-refractivity contribution in [3.05, 3.63) is 29.8 Å². The molecule has 0 radical (unpaired) electrons. The third-order valence-corrected chi connectivity index (χ3v) is 2.45. The Morgan fingerprint density at radius 2 is 2.29 bits per heavy atom. The minimum absolute atomic E-state index is 0.00511. The Hall–Kier alpha value is -1.02. The van der Waals surface area contributed by atoms with Crippen molar-refractivity contribution < 1.29 is 9.53 Å². The predicted molar refractivity (Wildman–Crippen MR) is 57.0 cm³/mol. The Morgan fingerprint density at radius 1 is 1.57 bits per heavy atom.